The Morgan fingerprint density at radius 3 is 2.10 bits per heavy atom. The SMILES string of the molecule is CNC(c1c(F)cc(F)cc1F)C(C)c1ccncc1. The van der Waals surface area contributed by atoms with Crippen LogP contribution in [0.15, 0.2) is 36.7 Å². The van der Waals surface area contributed by atoms with Gasteiger partial charge >= 0.3 is 0 Å². The van der Waals surface area contributed by atoms with Crippen molar-refractivity contribution in [3.05, 3.63) is 65.2 Å². The number of aromatic nitrogens is 1. The lowest BCUT2D eigenvalue weighted by molar-refractivity contribution is 0.440. The van der Waals surface area contributed by atoms with Crippen molar-refractivity contribution >= 4 is 0 Å². The van der Waals surface area contributed by atoms with Crippen LogP contribution >= 0.6 is 0 Å². The van der Waals surface area contributed by atoms with Crippen LogP contribution in [0.4, 0.5) is 13.2 Å². The number of halogens is 3. The second kappa shape index (κ2) is 6.05. The molecule has 0 bridgehead atoms. The molecule has 2 atom stereocenters. The lowest BCUT2D eigenvalue weighted by atomic mass is 9.88. The number of likely N-dealkylation sites (N-methyl/N-ethyl adjacent to an activating group) is 1. The highest BCUT2D eigenvalue weighted by Gasteiger charge is 2.26. The molecule has 0 radical (unpaired) electrons. The van der Waals surface area contributed by atoms with Crippen LogP contribution in [0.1, 0.15) is 30.0 Å². The van der Waals surface area contributed by atoms with E-state index in [0.29, 0.717) is 12.1 Å². The maximum absolute atomic E-state index is 13.9. The maximum Gasteiger partial charge on any atom is 0.133 e. The zero-order valence-electron chi connectivity index (χ0n) is 11.2. The van der Waals surface area contributed by atoms with Crippen LogP contribution in [0.25, 0.3) is 0 Å². The second-order valence-electron chi connectivity index (χ2n) is 4.62. The largest absolute Gasteiger partial charge is 0.312 e. The topological polar surface area (TPSA) is 24.9 Å². The average molecular weight is 280 g/mol. The van der Waals surface area contributed by atoms with Crippen molar-refractivity contribution in [1.82, 2.24) is 10.3 Å². The molecule has 2 aromatic rings. The molecular weight excluding hydrogens is 265 g/mol. The van der Waals surface area contributed by atoms with Gasteiger partial charge in [0.15, 0.2) is 0 Å². The molecule has 20 heavy (non-hydrogen) atoms. The summed E-state index contributed by atoms with van der Waals surface area (Å²) in [5.41, 5.74) is 0.737. The van der Waals surface area contributed by atoms with Gasteiger partial charge in [-0.3, -0.25) is 4.98 Å². The first-order valence-electron chi connectivity index (χ1n) is 6.26. The van der Waals surface area contributed by atoms with Gasteiger partial charge in [-0.2, -0.15) is 0 Å². The molecule has 0 aliphatic rings. The summed E-state index contributed by atoms with van der Waals surface area (Å²) >= 11 is 0. The van der Waals surface area contributed by atoms with Crippen LogP contribution < -0.4 is 5.32 Å². The van der Waals surface area contributed by atoms with Gasteiger partial charge in [-0.1, -0.05) is 6.92 Å². The van der Waals surface area contributed by atoms with Crippen molar-refractivity contribution < 1.29 is 13.2 Å². The second-order valence-corrected chi connectivity index (χ2v) is 4.62. The number of benzene rings is 1. The molecule has 1 N–H and O–H groups in total. The Hall–Kier alpha value is -1.88. The summed E-state index contributed by atoms with van der Waals surface area (Å²) < 4.78 is 40.8. The number of hydrogen-bond donors (Lipinski definition) is 1. The van der Waals surface area contributed by atoms with Crippen molar-refractivity contribution in [1.29, 1.82) is 0 Å². The molecule has 0 saturated heterocycles. The molecule has 0 amide bonds. The van der Waals surface area contributed by atoms with E-state index in [9.17, 15) is 13.2 Å². The van der Waals surface area contributed by atoms with Crippen molar-refractivity contribution in [2.75, 3.05) is 7.05 Å². The van der Waals surface area contributed by atoms with E-state index in [4.69, 9.17) is 0 Å². The van der Waals surface area contributed by atoms with E-state index in [1.807, 2.05) is 6.92 Å². The van der Waals surface area contributed by atoms with Crippen molar-refractivity contribution in [2.45, 2.75) is 18.9 Å². The van der Waals surface area contributed by atoms with Gasteiger partial charge in [0.05, 0.1) is 0 Å². The van der Waals surface area contributed by atoms with Crippen LogP contribution in [-0.4, -0.2) is 12.0 Å². The molecule has 5 heteroatoms. The first-order chi connectivity index (χ1) is 9.54. The van der Waals surface area contributed by atoms with Crippen LogP contribution in [0, 0.1) is 17.5 Å². The Morgan fingerprint density at radius 2 is 1.60 bits per heavy atom. The summed E-state index contributed by atoms with van der Waals surface area (Å²) in [4.78, 5) is 3.91. The smallest absolute Gasteiger partial charge is 0.133 e. The molecular formula is C15H15F3N2. The van der Waals surface area contributed by atoms with Gasteiger partial charge < -0.3 is 5.32 Å². The Balaban J connectivity index is 2.43. The quantitative estimate of drug-likeness (QED) is 0.926. The van der Waals surface area contributed by atoms with E-state index in [1.165, 1.54) is 0 Å². The van der Waals surface area contributed by atoms with Gasteiger partial charge in [0, 0.05) is 42.0 Å². The maximum atomic E-state index is 13.9. The van der Waals surface area contributed by atoms with Gasteiger partial charge in [0.2, 0.25) is 0 Å². The highest BCUT2D eigenvalue weighted by atomic mass is 19.1. The van der Waals surface area contributed by atoms with Crippen molar-refractivity contribution in [3.63, 3.8) is 0 Å². The Labute approximate surface area is 115 Å². The molecule has 0 aliphatic heterocycles. The number of nitrogens with zero attached hydrogens (tertiary/aromatic N) is 1. The van der Waals surface area contributed by atoms with Crippen molar-refractivity contribution in [2.24, 2.45) is 0 Å². The summed E-state index contributed by atoms with van der Waals surface area (Å²) in [5, 5.41) is 2.89. The third-order valence-corrected chi connectivity index (χ3v) is 3.40. The molecule has 1 heterocycles. The van der Waals surface area contributed by atoms with E-state index in [-0.39, 0.29) is 11.5 Å². The minimum Gasteiger partial charge on any atom is -0.312 e. The summed E-state index contributed by atoms with van der Waals surface area (Å²) in [6.45, 7) is 1.85. The fourth-order valence-corrected chi connectivity index (χ4v) is 2.35. The van der Waals surface area contributed by atoms with Crippen LogP contribution in [0.5, 0.6) is 0 Å². The van der Waals surface area contributed by atoms with Crippen LogP contribution in [0.3, 0.4) is 0 Å². The molecule has 1 aromatic carbocycles. The standard InChI is InChI=1S/C15H15F3N2/c1-9(10-3-5-20-6-4-10)15(19-2)14-12(17)7-11(16)8-13(14)18/h3-9,15,19H,1-2H3. The summed E-state index contributed by atoms with van der Waals surface area (Å²) in [7, 11) is 1.62. The van der Waals surface area contributed by atoms with Gasteiger partial charge in [0.1, 0.15) is 17.5 Å². The predicted octanol–water partition coefficient (Wildman–Crippen LogP) is 3.56. The third-order valence-electron chi connectivity index (χ3n) is 3.40. The lowest BCUT2D eigenvalue weighted by Crippen LogP contribution is -2.24. The molecule has 2 unspecified atom stereocenters. The molecule has 2 nitrogen and oxygen atoms in total. The summed E-state index contributed by atoms with van der Waals surface area (Å²) in [6.07, 6.45) is 3.24. The number of nitrogens with one attached hydrogen (secondary N) is 1. The number of pyridine rings is 1. The lowest BCUT2D eigenvalue weighted by Gasteiger charge is -2.25. The first kappa shape index (κ1) is 14.5. The van der Waals surface area contributed by atoms with Gasteiger partial charge in [-0.25, -0.2) is 13.2 Å². The number of hydrogen-bond acceptors (Lipinski definition) is 2. The Morgan fingerprint density at radius 1 is 1.05 bits per heavy atom. The van der Waals surface area contributed by atoms with E-state index in [0.717, 1.165) is 5.56 Å². The molecule has 1 aromatic heterocycles. The highest BCUT2D eigenvalue weighted by molar-refractivity contribution is 5.29. The summed E-state index contributed by atoms with van der Waals surface area (Å²) in [5.74, 6) is -2.89. The normalized spacial score (nSPS) is 14.1. The van der Waals surface area contributed by atoms with Crippen molar-refractivity contribution in [3.8, 4) is 0 Å². The Kier molecular flexibility index (Phi) is 4.39. The minimum absolute atomic E-state index is 0.154. The first-order valence-corrected chi connectivity index (χ1v) is 6.26. The predicted molar refractivity (Wildman–Crippen MR) is 70.8 cm³/mol. The van der Waals surface area contributed by atoms with E-state index >= 15 is 0 Å². The third kappa shape index (κ3) is 2.82. The monoisotopic (exact) mass is 280 g/mol. The minimum atomic E-state index is -0.921. The zero-order chi connectivity index (χ0) is 14.7. The average Bonchev–Trinajstić information content (AvgIpc) is 2.43. The zero-order valence-corrected chi connectivity index (χ0v) is 11.2. The van der Waals surface area contributed by atoms with Gasteiger partial charge in [0.25, 0.3) is 0 Å². The molecule has 0 saturated carbocycles. The molecule has 0 aliphatic carbocycles. The van der Waals surface area contributed by atoms with E-state index in [2.05, 4.69) is 10.3 Å². The summed E-state index contributed by atoms with van der Waals surface area (Å²) in [6, 6.07) is 4.37. The highest BCUT2D eigenvalue weighted by Crippen LogP contribution is 2.33. The van der Waals surface area contributed by atoms with E-state index in [1.54, 1.807) is 31.6 Å². The molecule has 0 spiro atoms. The van der Waals surface area contributed by atoms with Crippen LogP contribution in [-0.2, 0) is 0 Å². The van der Waals surface area contributed by atoms with Gasteiger partial charge in [-0.05, 0) is 24.7 Å². The Bertz CT molecular complexity index is 564. The fraction of sp³-hybridized carbons (Fsp3) is 0.267. The van der Waals surface area contributed by atoms with E-state index < -0.39 is 23.5 Å². The molecule has 0 fully saturated rings. The van der Waals surface area contributed by atoms with Gasteiger partial charge in [-0.15, -0.1) is 0 Å². The van der Waals surface area contributed by atoms with Crippen LogP contribution in [0.2, 0.25) is 0 Å². The molecule has 106 valence electrons. The number of rotatable bonds is 4. The fourth-order valence-electron chi connectivity index (χ4n) is 2.35. The molecule has 2 rings (SSSR count).